The fourth-order valence-corrected chi connectivity index (χ4v) is 5.66. The molecule has 0 saturated carbocycles. The van der Waals surface area contributed by atoms with E-state index in [2.05, 4.69) is 0 Å². The molecule has 0 saturated heterocycles. The van der Waals surface area contributed by atoms with E-state index in [1.165, 1.54) is 0 Å². The van der Waals surface area contributed by atoms with Crippen LogP contribution in [0.25, 0.3) is 0 Å². The van der Waals surface area contributed by atoms with Gasteiger partial charge in [0.15, 0.2) is 0 Å². The Morgan fingerprint density at radius 3 is 0.828 bits per heavy atom. The molecule has 29 heteroatoms. The standard InChI is InChI=1S/C35H46F26O3/c36-24(37,26(40,41)28(44,45)30(48,49)32(52,53)34(56,57)58)17-13-9-5-1-3-7-11-15-19-63-22-23(21-62)64-20-16-12-8-4-2-6-10-14-18-25(38,39)27(42,43)29(46,47)31(50,51)33(54,55)35(59,60)61/h23,62H,1-22H2. The second kappa shape index (κ2) is 23.4. The molecule has 0 spiro atoms. The number of hydrogen-bond donors (Lipinski definition) is 1. The van der Waals surface area contributed by atoms with Crippen LogP contribution in [0.4, 0.5) is 114 Å². The van der Waals surface area contributed by atoms with Crippen molar-refractivity contribution in [3.63, 3.8) is 0 Å². The van der Waals surface area contributed by atoms with Gasteiger partial charge in [-0.15, -0.1) is 0 Å². The summed E-state index contributed by atoms with van der Waals surface area (Å²) >= 11 is 0. The Balaban J connectivity index is 4.26. The Hall–Kier alpha value is -1.94. The van der Waals surface area contributed by atoms with Crippen molar-refractivity contribution in [3.05, 3.63) is 0 Å². The Kier molecular flexibility index (Phi) is 22.7. The van der Waals surface area contributed by atoms with Crippen molar-refractivity contribution < 1.29 is 129 Å². The number of unbranched alkanes of at least 4 members (excludes halogenated alkanes) is 14. The maximum Gasteiger partial charge on any atom is 0.460 e. The number of aliphatic hydroxyl groups excluding tert-OH is 1. The number of halogens is 26. The van der Waals surface area contributed by atoms with E-state index in [9.17, 15) is 119 Å². The first-order valence-electron chi connectivity index (χ1n) is 19.4. The second-order valence-electron chi connectivity index (χ2n) is 14.9. The lowest BCUT2D eigenvalue weighted by Gasteiger charge is -2.39. The summed E-state index contributed by atoms with van der Waals surface area (Å²) in [6.07, 6.45) is -18.3. The van der Waals surface area contributed by atoms with Gasteiger partial charge in [-0.25, -0.2) is 0 Å². The van der Waals surface area contributed by atoms with Crippen molar-refractivity contribution in [1.29, 1.82) is 0 Å². The first kappa shape index (κ1) is 62.1. The summed E-state index contributed by atoms with van der Waals surface area (Å²) in [4.78, 5) is 0. The average molecular weight is 1010 g/mol. The summed E-state index contributed by atoms with van der Waals surface area (Å²) in [5.41, 5.74) is 0. The summed E-state index contributed by atoms with van der Waals surface area (Å²) in [6.45, 7) is -0.165. The van der Waals surface area contributed by atoms with E-state index in [4.69, 9.17) is 9.47 Å². The highest BCUT2D eigenvalue weighted by molar-refractivity contribution is 5.11. The zero-order valence-electron chi connectivity index (χ0n) is 33.2. The predicted octanol–water partition coefficient (Wildman–Crippen LogP) is 14.9. The van der Waals surface area contributed by atoms with Crippen LogP contribution in [0, 0.1) is 0 Å². The Morgan fingerprint density at radius 1 is 0.297 bits per heavy atom. The number of ether oxygens (including phenoxy) is 2. The molecule has 0 aromatic rings. The predicted molar refractivity (Wildman–Crippen MR) is 172 cm³/mol. The van der Waals surface area contributed by atoms with Gasteiger partial charge < -0.3 is 14.6 Å². The van der Waals surface area contributed by atoms with Crippen molar-refractivity contribution in [2.45, 2.75) is 193 Å². The zero-order valence-corrected chi connectivity index (χ0v) is 33.2. The summed E-state index contributed by atoms with van der Waals surface area (Å²) in [5.74, 6) is -73.8. The van der Waals surface area contributed by atoms with Crippen LogP contribution >= 0.6 is 0 Å². The summed E-state index contributed by atoms with van der Waals surface area (Å²) in [7, 11) is 0. The molecule has 386 valence electrons. The van der Waals surface area contributed by atoms with Crippen molar-refractivity contribution in [2.75, 3.05) is 26.4 Å². The fraction of sp³-hybridized carbons (Fsp3) is 1.00. The third kappa shape index (κ3) is 14.3. The van der Waals surface area contributed by atoms with E-state index >= 15 is 0 Å². The first-order chi connectivity index (χ1) is 28.6. The maximum absolute atomic E-state index is 13.8. The van der Waals surface area contributed by atoms with Crippen LogP contribution in [-0.2, 0) is 9.47 Å². The molecular formula is C35H46F26O3. The largest absolute Gasteiger partial charge is 0.460 e. The van der Waals surface area contributed by atoms with Crippen LogP contribution in [0.1, 0.15) is 116 Å². The van der Waals surface area contributed by atoms with E-state index in [1.54, 1.807) is 0 Å². The monoisotopic (exact) mass is 1010 g/mol. The summed E-state index contributed by atoms with van der Waals surface area (Å²) in [6, 6.07) is 0. The molecule has 0 rings (SSSR count). The van der Waals surface area contributed by atoms with Crippen molar-refractivity contribution in [2.24, 2.45) is 0 Å². The number of rotatable bonds is 34. The van der Waals surface area contributed by atoms with Crippen LogP contribution in [0.2, 0.25) is 0 Å². The van der Waals surface area contributed by atoms with Gasteiger partial charge >= 0.3 is 71.6 Å². The Morgan fingerprint density at radius 2 is 0.547 bits per heavy atom. The molecule has 1 atom stereocenters. The molecule has 0 aromatic heterocycles. The van der Waals surface area contributed by atoms with E-state index in [-0.39, 0.29) is 58.3 Å². The molecule has 64 heavy (non-hydrogen) atoms. The first-order valence-corrected chi connectivity index (χ1v) is 19.4. The second-order valence-corrected chi connectivity index (χ2v) is 14.9. The van der Waals surface area contributed by atoms with Gasteiger partial charge in [0.25, 0.3) is 0 Å². The van der Waals surface area contributed by atoms with Crippen LogP contribution < -0.4 is 0 Å². The van der Waals surface area contributed by atoms with Crippen LogP contribution in [0.15, 0.2) is 0 Å². The normalized spacial score (nSPS) is 15.6. The minimum Gasteiger partial charge on any atom is -0.394 e. The van der Waals surface area contributed by atoms with Gasteiger partial charge in [0.2, 0.25) is 0 Å². The van der Waals surface area contributed by atoms with Crippen molar-refractivity contribution in [1.82, 2.24) is 0 Å². The molecule has 0 amide bonds. The molecule has 0 aliphatic heterocycles. The summed E-state index contributed by atoms with van der Waals surface area (Å²) in [5, 5.41) is 9.43. The van der Waals surface area contributed by atoms with E-state index in [1.807, 2.05) is 0 Å². The molecule has 0 radical (unpaired) electrons. The SMILES string of the molecule is OCC(COCCCCCCCCCCC(F)(F)C(F)(F)C(F)(F)C(F)(F)C(F)(F)C(F)(F)F)OCCCCCCCCCCC(F)(F)C(F)(F)C(F)(F)C(F)(F)C(F)(F)C(F)(F)F. The minimum absolute atomic E-state index is 0.0401. The molecule has 1 unspecified atom stereocenters. The molecule has 0 fully saturated rings. The Labute approximate surface area is 348 Å². The lowest BCUT2D eigenvalue weighted by molar-refractivity contribution is -0.440. The zero-order chi connectivity index (χ0) is 50.5. The lowest BCUT2D eigenvalue weighted by atomic mass is 9.91. The molecule has 0 aromatic carbocycles. The topological polar surface area (TPSA) is 38.7 Å². The van der Waals surface area contributed by atoms with Gasteiger partial charge in [-0.3, -0.25) is 0 Å². The van der Waals surface area contributed by atoms with Gasteiger partial charge in [0.1, 0.15) is 6.10 Å². The van der Waals surface area contributed by atoms with Crippen molar-refractivity contribution in [3.8, 4) is 0 Å². The van der Waals surface area contributed by atoms with Crippen LogP contribution in [-0.4, -0.2) is 109 Å². The lowest BCUT2D eigenvalue weighted by Crippen LogP contribution is -2.70. The number of alkyl halides is 26. The third-order valence-electron chi connectivity index (χ3n) is 9.77. The van der Waals surface area contributed by atoms with Gasteiger partial charge in [-0.1, -0.05) is 77.0 Å². The molecule has 0 aliphatic carbocycles. The van der Waals surface area contributed by atoms with Gasteiger partial charge in [-0.2, -0.15) is 114 Å². The molecular weight excluding hydrogens is 962 g/mol. The van der Waals surface area contributed by atoms with Crippen LogP contribution in [0.5, 0.6) is 0 Å². The molecule has 0 bridgehead atoms. The average Bonchev–Trinajstić information content (AvgIpc) is 3.14. The van der Waals surface area contributed by atoms with E-state index in [0.29, 0.717) is 51.4 Å². The Bertz CT molecular complexity index is 1330. The van der Waals surface area contributed by atoms with Gasteiger partial charge in [0, 0.05) is 26.1 Å². The maximum atomic E-state index is 13.8. The smallest absolute Gasteiger partial charge is 0.394 e. The minimum atomic E-state index is -7.93. The highest BCUT2D eigenvalue weighted by Crippen LogP contribution is 2.62. The summed E-state index contributed by atoms with van der Waals surface area (Å²) < 4.78 is 353. The third-order valence-corrected chi connectivity index (χ3v) is 9.77. The van der Waals surface area contributed by atoms with E-state index in [0.717, 1.165) is 0 Å². The van der Waals surface area contributed by atoms with Crippen LogP contribution in [0.3, 0.4) is 0 Å². The number of aliphatic hydroxyl groups is 1. The van der Waals surface area contributed by atoms with E-state index < -0.39 is 110 Å². The number of hydrogen-bond acceptors (Lipinski definition) is 3. The molecule has 3 nitrogen and oxygen atoms in total. The van der Waals surface area contributed by atoms with Crippen molar-refractivity contribution >= 4 is 0 Å². The molecule has 0 heterocycles. The molecule has 1 N–H and O–H groups in total. The highest BCUT2D eigenvalue weighted by atomic mass is 19.4. The molecule has 0 aliphatic rings. The fourth-order valence-electron chi connectivity index (χ4n) is 5.66. The van der Waals surface area contributed by atoms with Gasteiger partial charge in [-0.05, 0) is 25.7 Å². The van der Waals surface area contributed by atoms with Gasteiger partial charge in [0.05, 0.1) is 13.2 Å². The highest BCUT2D eigenvalue weighted by Gasteiger charge is 2.92. The quantitative estimate of drug-likeness (QED) is 0.0516.